The lowest BCUT2D eigenvalue weighted by molar-refractivity contribution is 0.776. The Morgan fingerprint density at radius 2 is 1.78 bits per heavy atom. The van der Waals surface area contributed by atoms with Gasteiger partial charge in [0.05, 0.1) is 5.69 Å². The second-order valence-corrected chi connectivity index (χ2v) is 4.32. The molecule has 0 bridgehead atoms. The van der Waals surface area contributed by atoms with E-state index in [1.54, 1.807) is 9.08 Å². The van der Waals surface area contributed by atoms with Gasteiger partial charge in [0.1, 0.15) is 11.3 Å². The maximum Gasteiger partial charge on any atom is 0.282 e. The number of nitrogens with zero attached hydrogens (tertiary/aromatic N) is 3. The zero-order chi connectivity index (χ0) is 12.7. The van der Waals surface area contributed by atoms with Crippen LogP contribution in [0.2, 0.25) is 0 Å². The third-order valence-corrected chi connectivity index (χ3v) is 3.06. The number of para-hydroxylation sites is 1. The number of rotatable bonds is 1. The Bertz CT molecular complexity index is 769. The van der Waals surface area contributed by atoms with Gasteiger partial charge in [-0.25, -0.2) is 4.52 Å². The van der Waals surface area contributed by atoms with Gasteiger partial charge >= 0.3 is 0 Å². The lowest BCUT2D eigenvalue weighted by Crippen LogP contribution is -2.24. The van der Waals surface area contributed by atoms with E-state index in [-0.39, 0.29) is 5.56 Å². The highest BCUT2D eigenvalue weighted by Crippen LogP contribution is 2.10. The van der Waals surface area contributed by atoms with Crippen LogP contribution in [0.1, 0.15) is 11.4 Å². The molecule has 0 saturated carbocycles. The molecule has 1 aromatic carbocycles. The van der Waals surface area contributed by atoms with Crippen LogP contribution in [0.15, 0.2) is 47.4 Å². The smallest absolute Gasteiger partial charge is 0.266 e. The van der Waals surface area contributed by atoms with Gasteiger partial charge in [0.15, 0.2) is 0 Å². The molecule has 0 amide bonds. The molecule has 0 atom stereocenters. The van der Waals surface area contributed by atoms with E-state index < -0.39 is 0 Å². The summed E-state index contributed by atoms with van der Waals surface area (Å²) < 4.78 is 3.29. The standard InChI is InChI=1S/C14H13N3O/c1-10-8-9-16-13(10)14(18)17(11(2)15-16)12-6-4-3-5-7-12/h3-9H,1-2H3. The summed E-state index contributed by atoms with van der Waals surface area (Å²) in [5.41, 5.74) is 2.38. The zero-order valence-corrected chi connectivity index (χ0v) is 10.3. The molecule has 2 heterocycles. The Morgan fingerprint density at radius 3 is 2.50 bits per heavy atom. The number of aromatic nitrogens is 3. The predicted molar refractivity (Wildman–Crippen MR) is 70.3 cm³/mol. The third kappa shape index (κ3) is 1.46. The highest BCUT2D eigenvalue weighted by atomic mass is 16.1. The van der Waals surface area contributed by atoms with Gasteiger partial charge < -0.3 is 0 Å². The number of hydrogen-bond donors (Lipinski definition) is 0. The first-order valence-corrected chi connectivity index (χ1v) is 5.81. The van der Waals surface area contributed by atoms with Crippen molar-refractivity contribution in [1.82, 2.24) is 14.2 Å². The van der Waals surface area contributed by atoms with Crippen molar-refractivity contribution in [3.05, 3.63) is 64.3 Å². The van der Waals surface area contributed by atoms with Crippen molar-refractivity contribution in [2.24, 2.45) is 0 Å². The number of hydrogen-bond acceptors (Lipinski definition) is 2. The van der Waals surface area contributed by atoms with Crippen LogP contribution in [0, 0.1) is 13.8 Å². The molecule has 0 fully saturated rings. The second-order valence-electron chi connectivity index (χ2n) is 4.32. The van der Waals surface area contributed by atoms with Crippen LogP contribution in [0.4, 0.5) is 0 Å². The first-order chi connectivity index (χ1) is 8.68. The van der Waals surface area contributed by atoms with E-state index in [1.165, 1.54) is 0 Å². The first kappa shape index (κ1) is 10.8. The fourth-order valence-corrected chi connectivity index (χ4v) is 2.20. The summed E-state index contributed by atoms with van der Waals surface area (Å²) >= 11 is 0. The van der Waals surface area contributed by atoms with Gasteiger partial charge in [0, 0.05) is 6.20 Å². The van der Waals surface area contributed by atoms with E-state index in [0.717, 1.165) is 11.3 Å². The quantitative estimate of drug-likeness (QED) is 0.652. The average Bonchev–Trinajstić information content (AvgIpc) is 2.72. The van der Waals surface area contributed by atoms with E-state index in [9.17, 15) is 4.79 Å². The molecule has 4 nitrogen and oxygen atoms in total. The van der Waals surface area contributed by atoms with Crippen LogP contribution in [-0.4, -0.2) is 14.2 Å². The summed E-state index contributed by atoms with van der Waals surface area (Å²) in [6.07, 6.45) is 1.81. The van der Waals surface area contributed by atoms with Crippen LogP contribution in [0.3, 0.4) is 0 Å². The van der Waals surface area contributed by atoms with Crippen molar-refractivity contribution >= 4 is 5.52 Å². The molecule has 0 unspecified atom stereocenters. The van der Waals surface area contributed by atoms with E-state index in [4.69, 9.17) is 0 Å². The van der Waals surface area contributed by atoms with Gasteiger partial charge in [-0.3, -0.25) is 9.36 Å². The lowest BCUT2D eigenvalue weighted by atomic mass is 10.3. The average molecular weight is 239 g/mol. The van der Waals surface area contributed by atoms with Crippen molar-refractivity contribution in [2.75, 3.05) is 0 Å². The van der Waals surface area contributed by atoms with E-state index in [2.05, 4.69) is 5.10 Å². The summed E-state index contributed by atoms with van der Waals surface area (Å²) in [6, 6.07) is 11.5. The number of benzene rings is 1. The molecule has 0 spiro atoms. The fourth-order valence-electron chi connectivity index (χ4n) is 2.20. The molecule has 4 heteroatoms. The van der Waals surface area contributed by atoms with Crippen LogP contribution in [0.5, 0.6) is 0 Å². The summed E-state index contributed by atoms with van der Waals surface area (Å²) in [4.78, 5) is 12.5. The lowest BCUT2D eigenvalue weighted by Gasteiger charge is -2.09. The minimum absolute atomic E-state index is 0.0313. The largest absolute Gasteiger partial charge is 0.282 e. The summed E-state index contributed by atoms with van der Waals surface area (Å²) in [7, 11) is 0. The Labute approximate surface area is 104 Å². The summed E-state index contributed by atoms with van der Waals surface area (Å²) in [5.74, 6) is 0.675. The van der Waals surface area contributed by atoms with E-state index in [1.807, 2.05) is 56.4 Å². The number of fused-ring (bicyclic) bond motifs is 1. The predicted octanol–water partition coefficient (Wildman–Crippen LogP) is 2.10. The van der Waals surface area contributed by atoms with Gasteiger partial charge in [-0.1, -0.05) is 18.2 Å². The van der Waals surface area contributed by atoms with Crippen molar-refractivity contribution in [1.29, 1.82) is 0 Å². The molecule has 0 aliphatic rings. The zero-order valence-electron chi connectivity index (χ0n) is 10.3. The maximum atomic E-state index is 12.5. The van der Waals surface area contributed by atoms with Crippen molar-refractivity contribution in [3.63, 3.8) is 0 Å². The third-order valence-electron chi connectivity index (χ3n) is 3.06. The monoisotopic (exact) mass is 239 g/mol. The Hall–Kier alpha value is -2.36. The molecule has 3 aromatic rings. The molecular weight excluding hydrogens is 226 g/mol. The minimum atomic E-state index is -0.0313. The molecule has 3 rings (SSSR count). The van der Waals surface area contributed by atoms with Crippen LogP contribution < -0.4 is 5.56 Å². The van der Waals surface area contributed by atoms with Crippen molar-refractivity contribution in [3.8, 4) is 5.69 Å². The Kier molecular flexibility index (Phi) is 2.30. The molecule has 2 aromatic heterocycles. The van der Waals surface area contributed by atoms with Gasteiger partial charge in [-0.15, -0.1) is 0 Å². The van der Waals surface area contributed by atoms with Gasteiger partial charge in [0.25, 0.3) is 5.56 Å². The van der Waals surface area contributed by atoms with Crippen LogP contribution in [0.25, 0.3) is 11.2 Å². The minimum Gasteiger partial charge on any atom is -0.266 e. The summed E-state index contributed by atoms with van der Waals surface area (Å²) in [5, 5.41) is 4.41. The maximum absolute atomic E-state index is 12.5. The number of aryl methyl sites for hydroxylation is 2. The normalized spacial score (nSPS) is 11.0. The molecule has 0 saturated heterocycles. The summed E-state index contributed by atoms with van der Waals surface area (Å²) in [6.45, 7) is 3.76. The Morgan fingerprint density at radius 1 is 1.06 bits per heavy atom. The van der Waals surface area contributed by atoms with Crippen molar-refractivity contribution < 1.29 is 0 Å². The van der Waals surface area contributed by atoms with Crippen LogP contribution >= 0.6 is 0 Å². The van der Waals surface area contributed by atoms with E-state index in [0.29, 0.717) is 11.3 Å². The fraction of sp³-hybridized carbons (Fsp3) is 0.143. The first-order valence-electron chi connectivity index (χ1n) is 5.81. The molecule has 18 heavy (non-hydrogen) atoms. The molecule has 0 radical (unpaired) electrons. The molecular formula is C14H13N3O. The highest BCUT2D eigenvalue weighted by molar-refractivity contribution is 5.54. The Balaban J connectivity index is 2.43. The van der Waals surface area contributed by atoms with Crippen LogP contribution in [-0.2, 0) is 0 Å². The van der Waals surface area contributed by atoms with Crippen molar-refractivity contribution in [2.45, 2.75) is 13.8 Å². The van der Waals surface area contributed by atoms with E-state index >= 15 is 0 Å². The van der Waals surface area contributed by atoms with Gasteiger partial charge in [-0.05, 0) is 37.6 Å². The molecule has 0 aliphatic heterocycles. The second kappa shape index (κ2) is 3.84. The molecule has 0 aliphatic carbocycles. The van der Waals surface area contributed by atoms with Gasteiger partial charge in [-0.2, -0.15) is 5.10 Å². The van der Waals surface area contributed by atoms with Gasteiger partial charge in [0.2, 0.25) is 0 Å². The molecule has 0 N–H and O–H groups in total. The highest BCUT2D eigenvalue weighted by Gasteiger charge is 2.11. The SMILES string of the molecule is Cc1ccn2nc(C)n(-c3ccccc3)c(=O)c12. The molecule has 90 valence electrons. The topological polar surface area (TPSA) is 39.3 Å².